The summed E-state index contributed by atoms with van der Waals surface area (Å²) in [5, 5.41) is 2.78. The quantitative estimate of drug-likeness (QED) is 0.809. The van der Waals surface area contributed by atoms with Crippen molar-refractivity contribution in [3.8, 4) is 11.5 Å². The number of ether oxygens (including phenoxy) is 2. The number of rotatable bonds is 6. The third-order valence-electron chi connectivity index (χ3n) is 4.09. The summed E-state index contributed by atoms with van der Waals surface area (Å²) in [5.74, 6) is 0.899. The second kappa shape index (κ2) is 7.91. The van der Waals surface area contributed by atoms with Crippen molar-refractivity contribution >= 4 is 17.5 Å². The zero-order chi connectivity index (χ0) is 18.5. The van der Waals surface area contributed by atoms with Gasteiger partial charge in [0.15, 0.2) is 6.10 Å². The average Bonchev–Trinajstić information content (AvgIpc) is 2.64. The van der Waals surface area contributed by atoms with E-state index < -0.39 is 6.10 Å². The van der Waals surface area contributed by atoms with E-state index >= 15 is 0 Å². The Kier molecular flexibility index (Phi) is 5.41. The van der Waals surface area contributed by atoms with E-state index in [4.69, 9.17) is 9.47 Å². The molecule has 136 valence electrons. The first-order valence-electron chi connectivity index (χ1n) is 8.58. The summed E-state index contributed by atoms with van der Waals surface area (Å²) in [4.78, 5) is 26.0. The minimum atomic E-state index is -0.609. The Balaban J connectivity index is 1.51. The molecule has 0 aromatic heterocycles. The Morgan fingerprint density at radius 1 is 1.19 bits per heavy atom. The highest BCUT2D eigenvalue weighted by Gasteiger charge is 2.32. The summed E-state index contributed by atoms with van der Waals surface area (Å²) in [5.41, 5.74) is 1.77. The standard InChI is InChI=1S/C20H22N2O4/c1-14-7-9-16(10-8-14)25-12-11-21-19(23)13-22-17-5-3-4-6-18(17)26-15(2)20(22)24/h3-10,15H,11-13H2,1-2H3,(H,21,23). The average molecular weight is 354 g/mol. The number of aryl methyl sites for hydroxylation is 1. The maximum atomic E-state index is 12.4. The molecule has 1 atom stereocenters. The van der Waals surface area contributed by atoms with Gasteiger partial charge in [0.05, 0.1) is 12.2 Å². The summed E-state index contributed by atoms with van der Waals surface area (Å²) in [7, 11) is 0. The van der Waals surface area contributed by atoms with Crippen LogP contribution < -0.4 is 19.7 Å². The normalized spacial score (nSPS) is 15.8. The number of para-hydroxylation sites is 2. The molecule has 0 saturated carbocycles. The molecule has 0 spiro atoms. The molecule has 1 aliphatic rings. The molecule has 3 rings (SSSR count). The second-order valence-corrected chi connectivity index (χ2v) is 6.16. The van der Waals surface area contributed by atoms with Crippen LogP contribution >= 0.6 is 0 Å². The number of hydrogen-bond acceptors (Lipinski definition) is 4. The Labute approximate surface area is 152 Å². The van der Waals surface area contributed by atoms with Crippen molar-refractivity contribution in [3.63, 3.8) is 0 Å². The molecule has 1 heterocycles. The molecule has 2 aromatic carbocycles. The lowest BCUT2D eigenvalue weighted by Crippen LogP contribution is -2.49. The van der Waals surface area contributed by atoms with E-state index in [1.807, 2.05) is 43.3 Å². The molecular weight excluding hydrogens is 332 g/mol. The molecule has 6 nitrogen and oxygen atoms in total. The highest BCUT2D eigenvalue weighted by atomic mass is 16.5. The van der Waals surface area contributed by atoms with E-state index in [0.29, 0.717) is 24.6 Å². The van der Waals surface area contributed by atoms with Gasteiger partial charge >= 0.3 is 0 Å². The van der Waals surface area contributed by atoms with Crippen molar-refractivity contribution in [2.45, 2.75) is 20.0 Å². The zero-order valence-corrected chi connectivity index (χ0v) is 14.9. The van der Waals surface area contributed by atoms with Crippen LogP contribution in [0.2, 0.25) is 0 Å². The number of carbonyl (C=O) groups excluding carboxylic acids is 2. The number of amides is 2. The number of fused-ring (bicyclic) bond motifs is 1. The first-order chi connectivity index (χ1) is 12.5. The van der Waals surface area contributed by atoms with E-state index in [0.717, 1.165) is 11.3 Å². The van der Waals surface area contributed by atoms with Crippen molar-refractivity contribution in [2.75, 3.05) is 24.6 Å². The largest absolute Gasteiger partial charge is 0.492 e. The van der Waals surface area contributed by atoms with Crippen molar-refractivity contribution in [3.05, 3.63) is 54.1 Å². The van der Waals surface area contributed by atoms with Crippen LogP contribution in [-0.4, -0.2) is 37.6 Å². The molecule has 1 unspecified atom stereocenters. The van der Waals surface area contributed by atoms with Crippen LogP contribution in [0, 0.1) is 6.92 Å². The molecule has 2 aromatic rings. The molecule has 0 aliphatic carbocycles. The molecule has 0 fully saturated rings. The number of hydrogen-bond donors (Lipinski definition) is 1. The van der Waals surface area contributed by atoms with Crippen molar-refractivity contribution < 1.29 is 19.1 Å². The zero-order valence-electron chi connectivity index (χ0n) is 14.9. The Bertz CT molecular complexity index is 789. The molecule has 0 radical (unpaired) electrons. The fraction of sp³-hybridized carbons (Fsp3) is 0.300. The third kappa shape index (κ3) is 4.14. The highest BCUT2D eigenvalue weighted by molar-refractivity contribution is 6.03. The first-order valence-corrected chi connectivity index (χ1v) is 8.58. The summed E-state index contributed by atoms with van der Waals surface area (Å²) in [6.45, 7) is 4.36. The molecule has 1 N–H and O–H groups in total. The summed E-state index contributed by atoms with van der Waals surface area (Å²) in [6, 6.07) is 14.9. The van der Waals surface area contributed by atoms with E-state index in [9.17, 15) is 9.59 Å². The van der Waals surface area contributed by atoms with E-state index in [1.165, 1.54) is 4.90 Å². The number of benzene rings is 2. The number of nitrogens with zero attached hydrogens (tertiary/aromatic N) is 1. The summed E-state index contributed by atoms with van der Waals surface area (Å²) < 4.78 is 11.1. The van der Waals surface area contributed by atoms with Gasteiger partial charge in [0, 0.05) is 0 Å². The fourth-order valence-corrected chi connectivity index (χ4v) is 2.72. The Hall–Kier alpha value is -3.02. The van der Waals surface area contributed by atoms with Crippen LogP contribution in [0.1, 0.15) is 12.5 Å². The number of carbonyl (C=O) groups is 2. The number of nitrogens with one attached hydrogen (secondary N) is 1. The summed E-state index contributed by atoms with van der Waals surface area (Å²) >= 11 is 0. The SMILES string of the molecule is Cc1ccc(OCCNC(=O)CN2C(=O)C(C)Oc3ccccc32)cc1. The lowest BCUT2D eigenvalue weighted by Gasteiger charge is -2.32. The van der Waals surface area contributed by atoms with Crippen LogP contribution in [0.3, 0.4) is 0 Å². The lowest BCUT2D eigenvalue weighted by molar-refractivity contribution is -0.128. The van der Waals surface area contributed by atoms with E-state index in [-0.39, 0.29) is 18.4 Å². The smallest absolute Gasteiger partial charge is 0.268 e. The number of anilines is 1. The third-order valence-corrected chi connectivity index (χ3v) is 4.09. The van der Waals surface area contributed by atoms with Crippen molar-refractivity contribution in [1.29, 1.82) is 0 Å². The predicted molar refractivity (Wildman–Crippen MR) is 98.6 cm³/mol. The Morgan fingerprint density at radius 3 is 2.69 bits per heavy atom. The van der Waals surface area contributed by atoms with Crippen molar-refractivity contribution in [1.82, 2.24) is 5.32 Å². The summed E-state index contributed by atoms with van der Waals surface area (Å²) in [6.07, 6.45) is -0.609. The lowest BCUT2D eigenvalue weighted by atomic mass is 10.2. The van der Waals surface area contributed by atoms with E-state index in [1.54, 1.807) is 19.1 Å². The van der Waals surface area contributed by atoms with Gasteiger partial charge in [-0.05, 0) is 38.1 Å². The fourth-order valence-electron chi connectivity index (χ4n) is 2.72. The molecule has 0 saturated heterocycles. The molecular formula is C20H22N2O4. The van der Waals surface area contributed by atoms with Gasteiger partial charge in [-0.15, -0.1) is 0 Å². The molecule has 6 heteroatoms. The maximum Gasteiger partial charge on any atom is 0.268 e. The van der Waals surface area contributed by atoms with E-state index in [2.05, 4.69) is 5.32 Å². The van der Waals surface area contributed by atoms with Gasteiger partial charge in [0.25, 0.3) is 5.91 Å². The van der Waals surface area contributed by atoms with Crippen LogP contribution in [0.15, 0.2) is 48.5 Å². The molecule has 26 heavy (non-hydrogen) atoms. The topological polar surface area (TPSA) is 67.9 Å². The van der Waals surface area contributed by atoms with Gasteiger partial charge in [0.2, 0.25) is 5.91 Å². The minimum absolute atomic E-state index is 0.0475. The van der Waals surface area contributed by atoms with Crippen LogP contribution in [0.25, 0.3) is 0 Å². The Morgan fingerprint density at radius 2 is 1.92 bits per heavy atom. The highest BCUT2D eigenvalue weighted by Crippen LogP contribution is 2.33. The van der Waals surface area contributed by atoms with Gasteiger partial charge in [-0.2, -0.15) is 0 Å². The van der Waals surface area contributed by atoms with Gasteiger partial charge in [-0.1, -0.05) is 29.8 Å². The first kappa shape index (κ1) is 17.8. The monoisotopic (exact) mass is 354 g/mol. The molecule has 0 bridgehead atoms. The van der Waals surface area contributed by atoms with Crippen LogP contribution in [-0.2, 0) is 9.59 Å². The van der Waals surface area contributed by atoms with Gasteiger partial charge in [-0.25, -0.2) is 0 Å². The predicted octanol–water partition coefficient (Wildman–Crippen LogP) is 2.30. The minimum Gasteiger partial charge on any atom is -0.492 e. The van der Waals surface area contributed by atoms with Crippen LogP contribution in [0.5, 0.6) is 11.5 Å². The van der Waals surface area contributed by atoms with Gasteiger partial charge in [-0.3, -0.25) is 14.5 Å². The maximum absolute atomic E-state index is 12.4. The molecule has 2 amide bonds. The second-order valence-electron chi connectivity index (χ2n) is 6.16. The molecule has 1 aliphatic heterocycles. The van der Waals surface area contributed by atoms with Gasteiger partial charge in [0.1, 0.15) is 24.7 Å². The van der Waals surface area contributed by atoms with Gasteiger partial charge < -0.3 is 14.8 Å². The van der Waals surface area contributed by atoms with Crippen LogP contribution in [0.4, 0.5) is 5.69 Å². The van der Waals surface area contributed by atoms with Crippen molar-refractivity contribution in [2.24, 2.45) is 0 Å².